The van der Waals surface area contributed by atoms with Crippen LogP contribution in [0.25, 0.3) is 0 Å². The average Bonchev–Trinajstić information content (AvgIpc) is 3.20. The van der Waals surface area contributed by atoms with Crippen LogP contribution in [0, 0.1) is 24.7 Å². The van der Waals surface area contributed by atoms with Crippen molar-refractivity contribution < 1.29 is 13.2 Å². The molecule has 1 unspecified atom stereocenters. The van der Waals surface area contributed by atoms with Crippen LogP contribution in [0.3, 0.4) is 0 Å². The van der Waals surface area contributed by atoms with Crippen molar-refractivity contribution in [2.75, 3.05) is 11.9 Å². The Bertz CT molecular complexity index is 1130. The molecule has 0 radical (unpaired) electrons. The first-order chi connectivity index (χ1) is 18.3. The molecule has 1 aliphatic heterocycles. The zero-order chi connectivity index (χ0) is 28.2. The van der Waals surface area contributed by atoms with Crippen molar-refractivity contribution in [1.29, 1.82) is 5.26 Å². The van der Waals surface area contributed by atoms with E-state index in [1.54, 1.807) is 12.3 Å². The quantitative estimate of drug-likeness (QED) is 0.178. The lowest BCUT2D eigenvalue weighted by Crippen LogP contribution is -2.56. The maximum absolute atomic E-state index is 14.0. The van der Waals surface area contributed by atoms with E-state index >= 15 is 0 Å². The number of nitrogens with two attached hydrogens (primary N) is 1. The number of halogens is 3. The Hall–Kier alpha value is -3.76. The van der Waals surface area contributed by atoms with Crippen LogP contribution in [0.4, 0.5) is 24.5 Å². The van der Waals surface area contributed by atoms with Gasteiger partial charge in [-0.15, -0.1) is 12.8 Å². The molecule has 5 N–H and O–H groups in total. The predicted octanol–water partition coefficient (Wildman–Crippen LogP) is 5.47. The summed E-state index contributed by atoms with van der Waals surface area (Å²) in [6, 6.07) is 7.95. The molecule has 2 aliphatic rings. The summed E-state index contributed by atoms with van der Waals surface area (Å²) in [5.74, 6) is 0.0204. The number of aliphatic imine (C=N–C) groups is 1. The van der Waals surface area contributed by atoms with Gasteiger partial charge in [-0.3, -0.25) is 10.1 Å². The number of pyridine rings is 1. The fourth-order valence-electron chi connectivity index (χ4n) is 5.07. The number of rotatable bonds is 5. The van der Waals surface area contributed by atoms with Crippen LogP contribution < -0.4 is 21.9 Å². The normalized spacial score (nSPS) is 20.6. The van der Waals surface area contributed by atoms with Crippen molar-refractivity contribution in [2.45, 2.75) is 75.5 Å². The maximum atomic E-state index is 14.0. The Morgan fingerprint density at radius 2 is 1.66 bits per heavy atom. The van der Waals surface area contributed by atoms with Gasteiger partial charge in [0.05, 0.1) is 11.4 Å². The van der Waals surface area contributed by atoms with Crippen molar-refractivity contribution in [3.05, 3.63) is 58.0 Å². The second-order valence-electron chi connectivity index (χ2n) is 9.26. The van der Waals surface area contributed by atoms with Crippen LogP contribution in [0.1, 0.15) is 68.9 Å². The lowest BCUT2D eigenvalue weighted by atomic mass is 9.81. The average molecular weight is 529 g/mol. The number of terminal acetylenes is 1. The summed E-state index contributed by atoms with van der Waals surface area (Å²) in [6.07, 6.45) is 13.1. The first kappa shape index (κ1) is 30.5. The third-order valence-electron chi connectivity index (χ3n) is 6.93. The molecule has 2 heterocycles. The molecule has 2 aromatic rings. The van der Waals surface area contributed by atoms with Gasteiger partial charge in [0.25, 0.3) is 5.56 Å². The molecule has 1 atom stereocenters. The lowest BCUT2D eigenvalue weighted by Gasteiger charge is -2.40. The largest absolute Gasteiger partial charge is 0.410 e. The van der Waals surface area contributed by atoms with E-state index in [0.717, 1.165) is 32.1 Å². The summed E-state index contributed by atoms with van der Waals surface area (Å²) in [4.78, 5) is 19.6. The van der Waals surface area contributed by atoms with E-state index in [1.807, 2.05) is 0 Å². The van der Waals surface area contributed by atoms with E-state index in [-0.39, 0.29) is 35.0 Å². The maximum Gasteiger partial charge on any atom is 0.410 e. The lowest BCUT2D eigenvalue weighted by molar-refractivity contribution is -0.207. The number of H-pyrrole nitrogens is 1. The molecule has 1 saturated heterocycles. The van der Waals surface area contributed by atoms with E-state index < -0.39 is 11.7 Å². The van der Waals surface area contributed by atoms with Crippen molar-refractivity contribution >= 4 is 17.2 Å². The highest BCUT2D eigenvalue weighted by Gasteiger charge is 2.55. The van der Waals surface area contributed by atoms with Crippen molar-refractivity contribution in [3.63, 3.8) is 0 Å². The molecular formula is C28H35F3N6O. The Labute approximate surface area is 221 Å². The zero-order valence-electron chi connectivity index (χ0n) is 21.4. The molecule has 0 amide bonds. The summed E-state index contributed by atoms with van der Waals surface area (Å²) < 4.78 is 41.9. The number of aromatic nitrogens is 1. The van der Waals surface area contributed by atoms with Crippen molar-refractivity contribution in [2.24, 2.45) is 10.7 Å². The molecule has 0 bridgehead atoms. The number of nitrogens with one attached hydrogen (secondary N) is 3. The van der Waals surface area contributed by atoms with Gasteiger partial charge in [0.15, 0.2) is 0 Å². The highest BCUT2D eigenvalue weighted by molar-refractivity contribution is 6.03. The number of benzene rings is 1. The molecule has 7 nitrogen and oxygen atoms in total. The number of aromatic amines is 1. The van der Waals surface area contributed by atoms with Gasteiger partial charge in [-0.05, 0) is 62.4 Å². The van der Waals surface area contributed by atoms with Gasteiger partial charge in [-0.25, -0.2) is 10.3 Å². The molecule has 204 valence electrons. The van der Waals surface area contributed by atoms with E-state index in [1.165, 1.54) is 37.1 Å². The van der Waals surface area contributed by atoms with E-state index in [9.17, 15) is 18.0 Å². The summed E-state index contributed by atoms with van der Waals surface area (Å²) >= 11 is 0. The molecule has 1 saturated carbocycles. The summed E-state index contributed by atoms with van der Waals surface area (Å²) in [5, 5.41) is 12.7. The predicted molar refractivity (Wildman–Crippen MR) is 145 cm³/mol. The number of hydrogen-bond acceptors (Lipinski definition) is 5. The van der Waals surface area contributed by atoms with Gasteiger partial charge in [-0.1, -0.05) is 37.8 Å². The smallest absolute Gasteiger partial charge is 0.383 e. The summed E-state index contributed by atoms with van der Waals surface area (Å²) in [6.45, 7) is 3.82. The van der Waals surface area contributed by atoms with Crippen LogP contribution in [-0.4, -0.2) is 29.6 Å². The van der Waals surface area contributed by atoms with Crippen LogP contribution in [0.2, 0.25) is 0 Å². The summed E-state index contributed by atoms with van der Waals surface area (Å²) in [5.41, 5.74) is 5.24. The van der Waals surface area contributed by atoms with Crippen LogP contribution in [0.15, 0.2) is 46.3 Å². The third kappa shape index (κ3) is 7.17. The summed E-state index contributed by atoms with van der Waals surface area (Å²) in [7, 11) is 0. The Morgan fingerprint density at radius 3 is 2.21 bits per heavy atom. The number of piperidine rings is 1. The topological polar surface area (TPSA) is 119 Å². The third-order valence-corrected chi connectivity index (χ3v) is 6.93. The second kappa shape index (κ2) is 14.3. The number of alkyl halides is 3. The first-order valence-electron chi connectivity index (χ1n) is 12.6. The molecule has 10 heteroatoms. The molecule has 1 aromatic carbocycles. The monoisotopic (exact) mass is 528 g/mol. The van der Waals surface area contributed by atoms with Gasteiger partial charge in [0, 0.05) is 18.8 Å². The van der Waals surface area contributed by atoms with Gasteiger partial charge >= 0.3 is 6.18 Å². The first-order valence-corrected chi connectivity index (χ1v) is 12.6. The number of hydrogen-bond donors (Lipinski definition) is 4. The minimum Gasteiger partial charge on any atom is -0.383 e. The van der Waals surface area contributed by atoms with Gasteiger partial charge in [-0.2, -0.15) is 13.2 Å². The fourth-order valence-corrected chi connectivity index (χ4v) is 5.07. The van der Waals surface area contributed by atoms with Crippen LogP contribution in [-0.2, 0) is 5.54 Å². The van der Waals surface area contributed by atoms with Crippen LogP contribution >= 0.6 is 0 Å². The van der Waals surface area contributed by atoms with Crippen molar-refractivity contribution in [3.8, 4) is 19.4 Å². The molecule has 1 aliphatic carbocycles. The Kier molecular flexibility index (Phi) is 11.4. The van der Waals surface area contributed by atoms with Crippen molar-refractivity contribution in [1.82, 2.24) is 10.3 Å². The van der Waals surface area contributed by atoms with E-state index in [0.29, 0.717) is 24.3 Å². The van der Waals surface area contributed by atoms with Gasteiger partial charge in [0.2, 0.25) is 0 Å². The molecule has 2 fully saturated rings. The van der Waals surface area contributed by atoms with E-state index in [2.05, 4.69) is 40.0 Å². The van der Waals surface area contributed by atoms with Gasteiger partial charge in [0.1, 0.15) is 16.9 Å². The number of nitriles is 1. The standard InChI is InChI=1S/C25H32F3N5O.C2H2.CHN/c26-25(27,28)24(14-5-6-15-31-24)17-9-11-19(12-10-17)33-22(29)21-20(13-16-30-23(21)34)32-18-7-3-1-2-4-8-18;2*1-2/h9-13,16,18,31H,1-8,14-15H2,(H2,29,33)(H2,30,32,34);1-2H;1H. The highest BCUT2D eigenvalue weighted by Crippen LogP contribution is 2.44. The Morgan fingerprint density at radius 1 is 1.03 bits per heavy atom. The molecule has 0 spiro atoms. The SMILES string of the molecule is C#C.C#N.NC(=Nc1ccc(C2(C(F)(F)F)CCCCN2)cc1)c1c(NC2CCCCCC2)cc[nH]c1=O. The Balaban J connectivity index is 0.00000121. The van der Waals surface area contributed by atoms with E-state index in [4.69, 9.17) is 11.0 Å². The fraction of sp³-hybridized carbons (Fsp3) is 0.464. The number of anilines is 1. The zero-order valence-corrected chi connectivity index (χ0v) is 21.4. The molecular weight excluding hydrogens is 493 g/mol. The van der Waals surface area contributed by atoms with Gasteiger partial charge < -0.3 is 16.0 Å². The number of nitrogens with zero attached hydrogens (tertiary/aromatic N) is 2. The molecule has 1 aromatic heterocycles. The number of amidine groups is 1. The molecule has 4 rings (SSSR count). The highest BCUT2D eigenvalue weighted by atomic mass is 19.4. The minimum atomic E-state index is -4.41. The molecule has 38 heavy (non-hydrogen) atoms. The second-order valence-corrected chi connectivity index (χ2v) is 9.26. The van der Waals surface area contributed by atoms with Crippen LogP contribution in [0.5, 0.6) is 0 Å². The minimum absolute atomic E-state index is 0.00313.